The van der Waals surface area contributed by atoms with E-state index in [0.29, 0.717) is 25.5 Å². The van der Waals surface area contributed by atoms with Gasteiger partial charge < -0.3 is 24.3 Å². The van der Waals surface area contributed by atoms with E-state index in [2.05, 4.69) is 41.4 Å². The Hall–Kier alpha value is -2.80. The van der Waals surface area contributed by atoms with Crippen LogP contribution in [0.3, 0.4) is 0 Å². The number of carbonyl (C=O) groups is 1. The first-order valence-electron chi connectivity index (χ1n) is 10.8. The van der Waals surface area contributed by atoms with Crippen molar-refractivity contribution in [2.24, 2.45) is 4.99 Å². The molecule has 2 aromatic rings. The summed E-state index contributed by atoms with van der Waals surface area (Å²) in [6.07, 6.45) is 3.36. The topological polar surface area (TPSA) is 70.3 Å². The highest BCUT2D eigenvalue weighted by Gasteiger charge is 2.25. The highest BCUT2D eigenvalue weighted by molar-refractivity contribution is 5.91. The number of nitrogens with zero attached hydrogens (tertiary/aromatic N) is 3. The highest BCUT2D eigenvalue weighted by Crippen LogP contribution is 2.09. The lowest BCUT2D eigenvalue weighted by atomic mass is 10.2. The summed E-state index contributed by atoms with van der Waals surface area (Å²) >= 11 is 0. The van der Waals surface area contributed by atoms with Gasteiger partial charge in [0.05, 0.1) is 12.9 Å². The standard InChI is InChI=1S/C23H32N4O3/c1-2-24-23(25-12-7-17-29-19-11-20-8-4-3-5-9-20)27-15-13-26(14-16-27)22(28)21-10-6-18-30-21/h3-6,8-10,18H,2,7,11-17,19H2,1H3,(H,24,25). The van der Waals surface area contributed by atoms with E-state index in [9.17, 15) is 4.79 Å². The number of amides is 1. The second kappa shape index (κ2) is 12.0. The molecule has 1 N–H and O–H groups in total. The van der Waals surface area contributed by atoms with Crippen LogP contribution in [0.15, 0.2) is 58.1 Å². The summed E-state index contributed by atoms with van der Waals surface area (Å²) in [6.45, 7) is 7.88. The molecule has 0 bridgehead atoms. The molecule has 0 aliphatic carbocycles. The number of ether oxygens (including phenoxy) is 1. The Morgan fingerprint density at radius 1 is 1.07 bits per heavy atom. The van der Waals surface area contributed by atoms with Crippen LogP contribution < -0.4 is 5.32 Å². The average Bonchev–Trinajstić information content (AvgIpc) is 3.33. The third-order valence-electron chi connectivity index (χ3n) is 5.02. The van der Waals surface area contributed by atoms with Crippen LogP contribution >= 0.6 is 0 Å². The van der Waals surface area contributed by atoms with Crippen molar-refractivity contribution >= 4 is 11.9 Å². The fourth-order valence-electron chi connectivity index (χ4n) is 3.39. The normalized spacial score (nSPS) is 14.8. The van der Waals surface area contributed by atoms with Crippen LogP contribution in [-0.2, 0) is 11.2 Å². The molecule has 1 saturated heterocycles. The van der Waals surface area contributed by atoms with Crippen LogP contribution in [0.2, 0.25) is 0 Å². The number of aliphatic imine (C=N–C) groups is 1. The smallest absolute Gasteiger partial charge is 0.289 e. The molecule has 1 fully saturated rings. The Kier molecular flexibility index (Phi) is 8.78. The molecule has 1 amide bonds. The van der Waals surface area contributed by atoms with Crippen LogP contribution in [0.4, 0.5) is 0 Å². The summed E-state index contributed by atoms with van der Waals surface area (Å²) in [5.41, 5.74) is 1.30. The van der Waals surface area contributed by atoms with Gasteiger partial charge in [-0.25, -0.2) is 0 Å². The molecule has 0 unspecified atom stereocenters. The largest absolute Gasteiger partial charge is 0.459 e. The maximum Gasteiger partial charge on any atom is 0.289 e. The Balaban J connectivity index is 1.36. The summed E-state index contributed by atoms with van der Waals surface area (Å²) in [7, 11) is 0. The minimum Gasteiger partial charge on any atom is -0.459 e. The third-order valence-corrected chi connectivity index (χ3v) is 5.02. The molecule has 162 valence electrons. The van der Waals surface area contributed by atoms with Gasteiger partial charge in [0.1, 0.15) is 0 Å². The molecule has 1 aromatic heterocycles. The van der Waals surface area contributed by atoms with Crippen LogP contribution in [0.1, 0.15) is 29.5 Å². The molecule has 1 aliphatic heterocycles. The van der Waals surface area contributed by atoms with Crippen molar-refractivity contribution in [3.8, 4) is 0 Å². The number of hydrogen-bond acceptors (Lipinski definition) is 4. The lowest BCUT2D eigenvalue weighted by Crippen LogP contribution is -2.53. The minimum atomic E-state index is -0.0470. The highest BCUT2D eigenvalue weighted by atomic mass is 16.5. The van der Waals surface area contributed by atoms with Crippen LogP contribution in [-0.4, -0.2) is 74.1 Å². The second-order valence-corrected chi connectivity index (χ2v) is 7.19. The fourth-order valence-corrected chi connectivity index (χ4v) is 3.39. The first-order chi connectivity index (χ1) is 14.8. The van der Waals surface area contributed by atoms with Crippen molar-refractivity contribution in [2.45, 2.75) is 19.8 Å². The molecule has 0 saturated carbocycles. The SMILES string of the molecule is CCNC(=NCCCOCCc1ccccc1)N1CCN(C(=O)c2ccco2)CC1. The van der Waals surface area contributed by atoms with Crippen molar-refractivity contribution < 1.29 is 13.9 Å². The van der Waals surface area contributed by atoms with Crippen molar-refractivity contribution in [3.63, 3.8) is 0 Å². The molecule has 0 radical (unpaired) electrons. The van der Waals surface area contributed by atoms with Crippen molar-refractivity contribution in [3.05, 3.63) is 60.1 Å². The second-order valence-electron chi connectivity index (χ2n) is 7.19. The number of piperazine rings is 1. The minimum absolute atomic E-state index is 0.0470. The van der Waals surface area contributed by atoms with E-state index >= 15 is 0 Å². The summed E-state index contributed by atoms with van der Waals surface area (Å²) in [4.78, 5) is 21.2. The Labute approximate surface area is 178 Å². The van der Waals surface area contributed by atoms with E-state index in [-0.39, 0.29) is 5.91 Å². The molecule has 7 nitrogen and oxygen atoms in total. The van der Waals surface area contributed by atoms with Gasteiger partial charge in [-0.3, -0.25) is 9.79 Å². The molecule has 7 heteroatoms. The van der Waals surface area contributed by atoms with Gasteiger partial charge in [-0.2, -0.15) is 0 Å². The molecule has 1 aliphatic rings. The molecular weight excluding hydrogens is 380 g/mol. The van der Waals surface area contributed by atoms with Gasteiger partial charge in [0.15, 0.2) is 11.7 Å². The zero-order valence-electron chi connectivity index (χ0n) is 17.8. The predicted octanol–water partition coefficient (Wildman–Crippen LogP) is 2.65. The predicted molar refractivity (Wildman–Crippen MR) is 118 cm³/mol. The molecule has 1 aromatic carbocycles. The van der Waals surface area contributed by atoms with Crippen LogP contribution in [0, 0.1) is 0 Å². The van der Waals surface area contributed by atoms with E-state index in [1.165, 1.54) is 11.8 Å². The van der Waals surface area contributed by atoms with Gasteiger partial charge >= 0.3 is 0 Å². The van der Waals surface area contributed by atoms with Crippen molar-refractivity contribution in [2.75, 3.05) is 52.5 Å². The Bertz CT molecular complexity index is 769. The van der Waals surface area contributed by atoms with Gasteiger partial charge in [-0.15, -0.1) is 0 Å². The van der Waals surface area contributed by atoms with Gasteiger partial charge in [0.2, 0.25) is 0 Å². The quantitative estimate of drug-likeness (QED) is 0.390. The summed E-state index contributed by atoms with van der Waals surface area (Å²) in [6, 6.07) is 13.8. The number of hydrogen-bond donors (Lipinski definition) is 1. The molecule has 0 atom stereocenters. The van der Waals surface area contributed by atoms with E-state index in [0.717, 1.165) is 51.6 Å². The first kappa shape index (κ1) is 21.9. The molecule has 30 heavy (non-hydrogen) atoms. The Morgan fingerprint density at radius 2 is 1.83 bits per heavy atom. The van der Waals surface area contributed by atoms with Crippen molar-refractivity contribution in [1.29, 1.82) is 0 Å². The van der Waals surface area contributed by atoms with Gasteiger partial charge in [-0.1, -0.05) is 30.3 Å². The average molecular weight is 413 g/mol. The number of nitrogens with one attached hydrogen (secondary N) is 1. The van der Waals surface area contributed by atoms with E-state index < -0.39 is 0 Å². The first-order valence-corrected chi connectivity index (χ1v) is 10.8. The zero-order chi connectivity index (χ0) is 21.0. The van der Waals surface area contributed by atoms with E-state index in [4.69, 9.17) is 14.1 Å². The van der Waals surface area contributed by atoms with Crippen LogP contribution in [0.25, 0.3) is 0 Å². The fraction of sp³-hybridized carbons (Fsp3) is 0.478. The maximum atomic E-state index is 12.4. The van der Waals surface area contributed by atoms with Crippen LogP contribution in [0.5, 0.6) is 0 Å². The monoisotopic (exact) mass is 412 g/mol. The number of guanidine groups is 1. The number of furan rings is 1. The molecule has 3 rings (SSSR count). The van der Waals surface area contributed by atoms with Crippen molar-refractivity contribution in [1.82, 2.24) is 15.1 Å². The lowest BCUT2D eigenvalue weighted by molar-refractivity contribution is 0.0657. The Morgan fingerprint density at radius 3 is 2.53 bits per heavy atom. The van der Waals surface area contributed by atoms with Gasteiger partial charge in [-0.05, 0) is 37.5 Å². The lowest BCUT2D eigenvalue weighted by Gasteiger charge is -2.36. The van der Waals surface area contributed by atoms with Gasteiger partial charge in [0, 0.05) is 45.9 Å². The summed E-state index contributed by atoms with van der Waals surface area (Å²) in [5, 5.41) is 3.36. The number of benzene rings is 1. The zero-order valence-corrected chi connectivity index (χ0v) is 17.8. The number of carbonyl (C=O) groups excluding carboxylic acids is 1. The molecule has 0 spiro atoms. The summed E-state index contributed by atoms with van der Waals surface area (Å²) < 4.78 is 11.0. The van der Waals surface area contributed by atoms with Gasteiger partial charge in [0.25, 0.3) is 5.91 Å². The third kappa shape index (κ3) is 6.62. The van der Waals surface area contributed by atoms with E-state index in [1.807, 2.05) is 11.0 Å². The summed E-state index contributed by atoms with van der Waals surface area (Å²) in [5.74, 6) is 1.26. The molecule has 2 heterocycles. The maximum absolute atomic E-state index is 12.4. The molecular formula is C23H32N4O3. The van der Waals surface area contributed by atoms with E-state index in [1.54, 1.807) is 12.1 Å². The number of rotatable bonds is 9.